The van der Waals surface area contributed by atoms with Crippen molar-refractivity contribution in [2.24, 2.45) is 11.8 Å². The Morgan fingerprint density at radius 2 is 1.37 bits per heavy atom. The summed E-state index contributed by atoms with van der Waals surface area (Å²) in [5, 5.41) is 1.29. The number of aryl methyl sites for hydroxylation is 3. The van der Waals surface area contributed by atoms with Crippen LogP contribution in [0.3, 0.4) is 0 Å². The number of rotatable bonds is 13. The Kier molecular flexibility index (Phi) is 11.0. The molecule has 1 saturated carbocycles. The maximum Gasteiger partial charge on any atom is 0.573 e. The number of fused-ring (bicyclic) bond motifs is 1. The van der Waals surface area contributed by atoms with Crippen LogP contribution in [-0.2, 0) is 19.3 Å². The number of halogens is 6. The fourth-order valence-electron chi connectivity index (χ4n) is 6.20. The first kappa shape index (κ1) is 31.2. The van der Waals surface area contributed by atoms with Crippen LogP contribution in [0.2, 0.25) is 0 Å². The zero-order chi connectivity index (χ0) is 29.4. The molecule has 0 spiro atoms. The molecule has 41 heavy (non-hydrogen) atoms. The first-order valence-corrected chi connectivity index (χ1v) is 15.1. The summed E-state index contributed by atoms with van der Waals surface area (Å²) < 4.78 is 83.9. The second-order valence-electron chi connectivity index (χ2n) is 11.7. The van der Waals surface area contributed by atoms with Crippen molar-refractivity contribution in [2.45, 2.75) is 103 Å². The van der Waals surface area contributed by atoms with E-state index in [-0.39, 0.29) is 24.2 Å². The summed E-state index contributed by atoms with van der Waals surface area (Å²) in [7, 11) is 0. The van der Waals surface area contributed by atoms with Crippen molar-refractivity contribution in [3.8, 4) is 5.75 Å². The normalized spacial score (nSPS) is 17.7. The highest BCUT2D eigenvalue weighted by Gasteiger charge is 2.34. The van der Waals surface area contributed by atoms with Gasteiger partial charge in [-0.2, -0.15) is 0 Å². The van der Waals surface area contributed by atoms with E-state index in [1.165, 1.54) is 69.8 Å². The molecule has 0 radical (unpaired) electrons. The van der Waals surface area contributed by atoms with Gasteiger partial charge in [0, 0.05) is 5.39 Å². The fourth-order valence-corrected chi connectivity index (χ4v) is 6.20. The maximum absolute atomic E-state index is 15.3. The van der Waals surface area contributed by atoms with E-state index in [1.807, 2.05) is 18.2 Å². The molecule has 7 heteroatoms. The Balaban J connectivity index is 1.28. The Hall–Kier alpha value is -2.70. The summed E-state index contributed by atoms with van der Waals surface area (Å²) >= 11 is 0. The molecule has 0 bridgehead atoms. The van der Waals surface area contributed by atoms with Crippen molar-refractivity contribution in [1.82, 2.24) is 0 Å². The van der Waals surface area contributed by atoms with Crippen molar-refractivity contribution >= 4 is 10.8 Å². The number of hydrogen-bond donors (Lipinski definition) is 0. The number of ether oxygens (including phenoxy) is 1. The molecule has 0 N–H and O–H groups in total. The molecule has 0 aliphatic heterocycles. The molecule has 1 fully saturated rings. The van der Waals surface area contributed by atoms with Gasteiger partial charge in [0.25, 0.3) is 0 Å². The molecular formula is C34H40F6O. The lowest BCUT2D eigenvalue weighted by Gasteiger charge is -2.28. The Bertz CT molecular complexity index is 1250. The van der Waals surface area contributed by atoms with Crippen molar-refractivity contribution in [1.29, 1.82) is 0 Å². The van der Waals surface area contributed by atoms with Gasteiger partial charge in [-0.15, -0.1) is 13.2 Å². The zero-order valence-corrected chi connectivity index (χ0v) is 23.8. The Labute approximate surface area is 239 Å². The molecule has 0 aromatic heterocycles. The minimum atomic E-state index is -5.20. The first-order valence-electron chi connectivity index (χ1n) is 15.1. The van der Waals surface area contributed by atoms with E-state index in [9.17, 15) is 22.0 Å². The third-order valence-corrected chi connectivity index (χ3v) is 8.58. The second-order valence-corrected chi connectivity index (χ2v) is 11.7. The van der Waals surface area contributed by atoms with E-state index in [4.69, 9.17) is 0 Å². The van der Waals surface area contributed by atoms with Crippen LogP contribution < -0.4 is 4.74 Å². The zero-order valence-electron chi connectivity index (χ0n) is 23.8. The summed E-state index contributed by atoms with van der Waals surface area (Å²) in [5.41, 5.74) is 1.68. The second kappa shape index (κ2) is 14.5. The number of unbranched alkanes of at least 4 members (excludes halogenated alkanes) is 4. The van der Waals surface area contributed by atoms with Crippen molar-refractivity contribution in [3.63, 3.8) is 0 Å². The van der Waals surface area contributed by atoms with Crippen molar-refractivity contribution < 1.29 is 31.1 Å². The minimum Gasteiger partial charge on any atom is -0.399 e. The van der Waals surface area contributed by atoms with E-state index >= 15 is 4.39 Å². The predicted molar refractivity (Wildman–Crippen MR) is 151 cm³/mol. The van der Waals surface area contributed by atoms with Gasteiger partial charge >= 0.3 is 6.36 Å². The van der Waals surface area contributed by atoms with Gasteiger partial charge in [-0.3, -0.25) is 0 Å². The van der Waals surface area contributed by atoms with E-state index < -0.39 is 23.7 Å². The summed E-state index contributed by atoms with van der Waals surface area (Å²) in [6, 6.07) is 10.9. The highest BCUT2D eigenvalue weighted by molar-refractivity contribution is 5.84. The molecule has 3 aromatic rings. The topological polar surface area (TPSA) is 9.23 Å². The van der Waals surface area contributed by atoms with Crippen LogP contribution in [0.5, 0.6) is 5.75 Å². The summed E-state index contributed by atoms with van der Waals surface area (Å²) in [6.45, 7) is 2.25. The van der Waals surface area contributed by atoms with Crippen molar-refractivity contribution in [3.05, 3.63) is 76.6 Å². The monoisotopic (exact) mass is 578 g/mol. The van der Waals surface area contributed by atoms with Crippen LogP contribution in [0, 0.1) is 29.3 Å². The van der Waals surface area contributed by atoms with Gasteiger partial charge in [0.2, 0.25) is 5.75 Å². The molecular weight excluding hydrogens is 538 g/mol. The van der Waals surface area contributed by atoms with Gasteiger partial charge in [0.05, 0.1) is 0 Å². The molecule has 0 heterocycles. The third-order valence-electron chi connectivity index (χ3n) is 8.58. The molecule has 0 unspecified atom stereocenters. The smallest absolute Gasteiger partial charge is 0.399 e. The fraction of sp³-hybridized carbons (Fsp3) is 0.529. The molecule has 3 aromatic carbocycles. The molecule has 4 rings (SSSR count). The van der Waals surface area contributed by atoms with Crippen LogP contribution in [-0.4, -0.2) is 6.36 Å². The third kappa shape index (κ3) is 9.14. The highest BCUT2D eigenvalue weighted by Crippen LogP contribution is 2.35. The van der Waals surface area contributed by atoms with Crippen LogP contribution >= 0.6 is 0 Å². The van der Waals surface area contributed by atoms with Gasteiger partial charge < -0.3 is 4.74 Å². The Morgan fingerprint density at radius 3 is 2.02 bits per heavy atom. The van der Waals surface area contributed by atoms with Gasteiger partial charge in [-0.1, -0.05) is 101 Å². The highest BCUT2D eigenvalue weighted by atomic mass is 19.4. The van der Waals surface area contributed by atoms with Crippen LogP contribution in [0.4, 0.5) is 26.3 Å². The van der Waals surface area contributed by atoms with Gasteiger partial charge in [0.15, 0.2) is 11.6 Å². The first-order chi connectivity index (χ1) is 19.6. The quantitative estimate of drug-likeness (QED) is 0.145. The predicted octanol–water partition coefficient (Wildman–Crippen LogP) is 11.0. The van der Waals surface area contributed by atoms with E-state index in [1.54, 1.807) is 12.1 Å². The average Bonchev–Trinajstić information content (AvgIpc) is 2.93. The molecule has 1 aliphatic rings. The summed E-state index contributed by atoms with van der Waals surface area (Å²) in [5.74, 6) is -3.13. The van der Waals surface area contributed by atoms with E-state index in [0.717, 1.165) is 42.2 Å². The van der Waals surface area contributed by atoms with E-state index in [2.05, 4.69) is 11.7 Å². The molecule has 1 nitrogen and oxygen atoms in total. The minimum absolute atomic E-state index is 0.0573. The summed E-state index contributed by atoms with van der Waals surface area (Å²) in [4.78, 5) is 0. The van der Waals surface area contributed by atoms with Crippen LogP contribution in [0.1, 0.15) is 94.2 Å². The van der Waals surface area contributed by atoms with Gasteiger partial charge in [-0.05, 0) is 71.7 Å². The molecule has 0 atom stereocenters. The largest absolute Gasteiger partial charge is 0.573 e. The van der Waals surface area contributed by atoms with Crippen LogP contribution in [0.25, 0.3) is 10.8 Å². The average molecular weight is 579 g/mol. The van der Waals surface area contributed by atoms with Gasteiger partial charge in [-0.25, -0.2) is 13.2 Å². The number of alkyl halides is 3. The molecule has 0 amide bonds. The summed E-state index contributed by atoms with van der Waals surface area (Å²) in [6.07, 6.45) is 10.5. The lowest BCUT2D eigenvalue weighted by atomic mass is 9.77. The molecule has 1 aliphatic carbocycles. The number of benzene rings is 3. The Morgan fingerprint density at radius 1 is 0.707 bits per heavy atom. The standard InChI is InChI=1S/C34H40F6O/c1-2-3-4-5-6-7-23-8-10-24(11-9-23)12-13-25-15-19-29-28(20-25)18-17-27(32(29)37)16-14-26-21-30(35)33(31(36)22-26)41-34(38,39)40/h15,17-24H,2-14,16H2,1H3. The lowest BCUT2D eigenvalue weighted by molar-refractivity contribution is -0.276. The SMILES string of the molecule is CCCCCCCC1CCC(CCc2ccc3c(F)c(CCc4cc(F)c(OC(F)(F)F)c(F)c4)ccc3c2)CC1. The van der Waals surface area contributed by atoms with Crippen molar-refractivity contribution in [2.75, 3.05) is 0 Å². The number of hydrogen-bond acceptors (Lipinski definition) is 1. The molecule has 224 valence electrons. The molecule has 0 saturated heterocycles. The van der Waals surface area contributed by atoms with E-state index in [0.29, 0.717) is 10.9 Å². The lowest BCUT2D eigenvalue weighted by Crippen LogP contribution is -2.19. The maximum atomic E-state index is 15.3. The van der Waals surface area contributed by atoms with Crippen LogP contribution in [0.15, 0.2) is 42.5 Å². The van der Waals surface area contributed by atoms with Gasteiger partial charge in [0.1, 0.15) is 5.82 Å².